The van der Waals surface area contributed by atoms with Crippen molar-refractivity contribution < 1.29 is 19.1 Å². The maximum atomic E-state index is 12.5. The molecule has 0 radical (unpaired) electrons. The summed E-state index contributed by atoms with van der Waals surface area (Å²) in [4.78, 5) is 32.1. The van der Waals surface area contributed by atoms with Crippen LogP contribution in [0.3, 0.4) is 0 Å². The molecule has 1 saturated heterocycles. The number of ether oxygens (including phenoxy) is 2. The molecule has 0 spiro atoms. The fourth-order valence-electron chi connectivity index (χ4n) is 2.63. The van der Waals surface area contributed by atoms with Crippen molar-refractivity contribution in [2.45, 2.75) is 25.4 Å². The van der Waals surface area contributed by atoms with E-state index in [9.17, 15) is 9.59 Å². The number of carbonyl (C=O) groups is 2. The topological polar surface area (TPSA) is 72.0 Å². The molecule has 1 aromatic heterocycles. The molecule has 1 aromatic rings. The minimum Gasteiger partial charge on any atom is -0.493 e. The van der Waals surface area contributed by atoms with Gasteiger partial charge in [0, 0.05) is 26.9 Å². The van der Waals surface area contributed by atoms with Crippen molar-refractivity contribution >= 4 is 17.6 Å². The predicted octanol–water partition coefficient (Wildman–Crippen LogP) is 1.08. The standard InChI is InChI=1S/C16H23N3O4/c1-18(15-12(22-2)8-6-9-17-15)14(20)11-19-10-5-4-7-13(23-3)16(19)21/h6,8-9,13H,4-5,7,10-11H2,1-3H3. The Balaban J connectivity index is 2.09. The Bertz CT molecular complexity index is 564. The van der Waals surface area contributed by atoms with E-state index in [1.807, 2.05) is 0 Å². The maximum Gasteiger partial charge on any atom is 0.252 e. The lowest BCUT2D eigenvalue weighted by atomic mass is 10.2. The fraction of sp³-hybridized carbons (Fsp3) is 0.562. The van der Waals surface area contributed by atoms with E-state index in [-0.39, 0.29) is 18.4 Å². The van der Waals surface area contributed by atoms with Crippen LogP contribution in [0.4, 0.5) is 5.82 Å². The van der Waals surface area contributed by atoms with Gasteiger partial charge < -0.3 is 14.4 Å². The lowest BCUT2D eigenvalue weighted by Crippen LogP contribution is -2.45. The summed E-state index contributed by atoms with van der Waals surface area (Å²) in [6.45, 7) is 0.576. The Morgan fingerprint density at radius 1 is 1.43 bits per heavy atom. The van der Waals surface area contributed by atoms with Crippen LogP contribution in [0.1, 0.15) is 19.3 Å². The van der Waals surface area contributed by atoms with Gasteiger partial charge in [0.25, 0.3) is 5.91 Å². The third-order valence-corrected chi connectivity index (χ3v) is 4.00. The van der Waals surface area contributed by atoms with Gasteiger partial charge in [-0.1, -0.05) is 0 Å². The minimum absolute atomic E-state index is 0.00885. The zero-order chi connectivity index (χ0) is 16.8. The van der Waals surface area contributed by atoms with Crippen LogP contribution in [0.15, 0.2) is 18.3 Å². The van der Waals surface area contributed by atoms with E-state index in [4.69, 9.17) is 9.47 Å². The maximum absolute atomic E-state index is 12.5. The Morgan fingerprint density at radius 2 is 2.22 bits per heavy atom. The monoisotopic (exact) mass is 321 g/mol. The summed E-state index contributed by atoms with van der Waals surface area (Å²) in [5.74, 6) is 0.609. The second-order valence-corrected chi connectivity index (χ2v) is 5.46. The van der Waals surface area contributed by atoms with E-state index in [0.29, 0.717) is 24.5 Å². The second kappa shape index (κ2) is 7.92. The Kier molecular flexibility index (Phi) is 5.92. The summed E-state index contributed by atoms with van der Waals surface area (Å²) in [7, 11) is 4.68. The number of rotatable bonds is 5. The number of amides is 2. The molecule has 0 N–H and O–H groups in total. The number of hydrogen-bond donors (Lipinski definition) is 0. The number of carbonyl (C=O) groups excluding carboxylic acids is 2. The van der Waals surface area contributed by atoms with Crippen molar-refractivity contribution in [3.05, 3.63) is 18.3 Å². The molecule has 0 aliphatic carbocycles. The minimum atomic E-state index is -0.458. The summed E-state index contributed by atoms with van der Waals surface area (Å²) >= 11 is 0. The quantitative estimate of drug-likeness (QED) is 0.811. The van der Waals surface area contributed by atoms with E-state index >= 15 is 0 Å². The first kappa shape index (κ1) is 17.2. The van der Waals surface area contributed by atoms with Crippen molar-refractivity contribution in [2.24, 2.45) is 0 Å². The van der Waals surface area contributed by atoms with Crippen LogP contribution in [-0.2, 0) is 14.3 Å². The molecular weight excluding hydrogens is 298 g/mol. The van der Waals surface area contributed by atoms with Crippen LogP contribution in [0.5, 0.6) is 5.75 Å². The van der Waals surface area contributed by atoms with Crippen LogP contribution in [0.2, 0.25) is 0 Å². The molecule has 2 rings (SSSR count). The number of pyridine rings is 1. The Hall–Kier alpha value is -2.15. The second-order valence-electron chi connectivity index (χ2n) is 5.46. The lowest BCUT2D eigenvalue weighted by molar-refractivity contribution is -0.143. The van der Waals surface area contributed by atoms with E-state index in [1.165, 1.54) is 19.1 Å². The number of likely N-dealkylation sites (tertiary alicyclic amines) is 1. The number of aromatic nitrogens is 1. The number of hydrogen-bond acceptors (Lipinski definition) is 5. The van der Waals surface area contributed by atoms with Crippen LogP contribution in [0, 0.1) is 0 Å². The van der Waals surface area contributed by atoms with Crippen LogP contribution < -0.4 is 9.64 Å². The zero-order valence-electron chi connectivity index (χ0n) is 13.8. The van der Waals surface area contributed by atoms with Gasteiger partial charge in [0.2, 0.25) is 5.91 Å². The van der Waals surface area contributed by atoms with Gasteiger partial charge in [-0.05, 0) is 31.4 Å². The molecule has 0 saturated carbocycles. The molecule has 2 heterocycles. The van der Waals surface area contributed by atoms with Gasteiger partial charge in [0.1, 0.15) is 12.6 Å². The summed E-state index contributed by atoms with van der Waals surface area (Å²) in [5.41, 5.74) is 0. The van der Waals surface area contributed by atoms with E-state index < -0.39 is 6.10 Å². The molecular formula is C16H23N3O4. The van der Waals surface area contributed by atoms with Gasteiger partial charge >= 0.3 is 0 Å². The highest BCUT2D eigenvalue weighted by Crippen LogP contribution is 2.24. The molecule has 7 nitrogen and oxygen atoms in total. The summed E-state index contributed by atoms with van der Waals surface area (Å²) in [5, 5.41) is 0. The predicted molar refractivity (Wildman–Crippen MR) is 85.4 cm³/mol. The molecule has 2 amide bonds. The molecule has 0 aromatic carbocycles. The van der Waals surface area contributed by atoms with Gasteiger partial charge in [-0.3, -0.25) is 14.5 Å². The number of nitrogens with zero attached hydrogens (tertiary/aromatic N) is 3. The molecule has 0 bridgehead atoms. The van der Waals surface area contributed by atoms with Crippen LogP contribution in [0.25, 0.3) is 0 Å². The van der Waals surface area contributed by atoms with Gasteiger partial charge in [0.15, 0.2) is 11.6 Å². The summed E-state index contributed by atoms with van der Waals surface area (Å²) in [6, 6.07) is 3.48. The molecule has 126 valence electrons. The SMILES string of the molecule is COc1cccnc1N(C)C(=O)CN1CCCCC(OC)C1=O. The smallest absolute Gasteiger partial charge is 0.252 e. The third kappa shape index (κ3) is 3.98. The van der Waals surface area contributed by atoms with E-state index in [2.05, 4.69) is 4.98 Å². The normalized spacial score (nSPS) is 18.5. The largest absolute Gasteiger partial charge is 0.493 e. The molecule has 1 atom stereocenters. The molecule has 1 unspecified atom stereocenters. The Labute approximate surface area is 136 Å². The van der Waals surface area contributed by atoms with Crippen LogP contribution >= 0.6 is 0 Å². The van der Waals surface area contributed by atoms with Gasteiger partial charge in [-0.15, -0.1) is 0 Å². The molecule has 7 heteroatoms. The molecule has 23 heavy (non-hydrogen) atoms. The van der Waals surface area contributed by atoms with E-state index in [0.717, 1.165) is 12.8 Å². The highest BCUT2D eigenvalue weighted by molar-refractivity contribution is 5.97. The van der Waals surface area contributed by atoms with Gasteiger partial charge in [-0.2, -0.15) is 0 Å². The van der Waals surface area contributed by atoms with Crippen LogP contribution in [-0.4, -0.2) is 62.2 Å². The average Bonchev–Trinajstić information content (AvgIpc) is 2.75. The fourth-order valence-corrected chi connectivity index (χ4v) is 2.63. The average molecular weight is 321 g/mol. The van der Waals surface area contributed by atoms with Gasteiger partial charge in [0.05, 0.1) is 7.11 Å². The highest BCUT2D eigenvalue weighted by atomic mass is 16.5. The van der Waals surface area contributed by atoms with Crippen molar-refractivity contribution in [2.75, 3.05) is 39.3 Å². The zero-order valence-corrected chi connectivity index (χ0v) is 13.8. The summed E-state index contributed by atoms with van der Waals surface area (Å²) in [6.07, 6.45) is 3.62. The van der Waals surface area contributed by atoms with E-state index in [1.54, 1.807) is 30.3 Å². The van der Waals surface area contributed by atoms with Crippen molar-refractivity contribution in [1.82, 2.24) is 9.88 Å². The number of methoxy groups -OCH3 is 2. The third-order valence-electron chi connectivity index (χ3n) is 4.00. The summed E-state index contributed by atoms with van der Waals surface area (Å²) < 4.78 is 10.5. The van der Waals surface area contributed by atoms with Crippen molar-refractivity contribution in [3.8, 4) is 5.75 Å². The lowest BCUT2D eigenvalue weighted by Gasteiger charge is -2.26. The molecule has 1 aliphatic heterocycles. The van der Waals surface area contributed by atoms with Gasteiger partial charge in [-0.25, -0.2) is 4.98 Å². The first-order valence-electron chi connectivity index (χ1n) is 7.65. The first-order valence-corrected chi connectivity index (χ1v) is 7.65. The molecule has 1 aliphatic rings. The number of likely N-dealkylation sites (N-methyl/N-ethyl adjacent to an activating group) is 1. The first-order chi connectivity index (χ1) is 11.1. The Morgan fingerprint density at radius 3 is 2.91 bits per heavy atom. The van der Waals surface area contributed by atoms with Crippen molar-refractivity contribution in [3.63, 3.8) is 0 Å². The highest BCUT2D eigenvalue weighted by Gasteiger charge is 2.29. The number of anilines is 1. The van der Waals surface area contributed by atoms with Crippen molar-refractivity contribution in [1.29, 1.82) is 0 Å². The molecule has 1 fully saturated rings.